The van der Waals surface area contributed by atoms with Gasteiger partial charge >= 0.3 is 0 Å². The quantitative estimate of drug-likeness (QED) is 0.763. The normalized spacial score (nSPS) is 17.0. The first-order valence-corrected chi connectivity index (χ1v) is 10.5. The molecule has 0 aliphatic carbocycles. The molecule has 24 heavy (non-hydrogen) atoms. The first-order valence-electron chi connectivity index (χ1n) is 8.20. The van der Waals surface area contributed by atoms with Crippen LogP contribution in [0.2, 0.25) is 0 Å². The van der Waals surface area contributed by atoms with Crippen LogP contribution in [0.3, 0.4) is 0 Å². The van der Waals surface area contributed by atoms with E-state index in [0.717, 1.165) is 11.3 Å². The van der Waals surface area contributed by atoms with Crippen LogP contribution in [0, 0.1) is 5.92 Å². The Morgan fingerprint density at radius 2 is 1.79 bits per heavy atom. The van der Waals surface area contributed by atoms with Gasteiger partial charge in [-0.25, -0.2) is 8.42 Å². The Labute approximate surface area is 147 Å². The lowest BCUT2D eigenvalue weighted by Crippen LogP contribution is -2.40. The van der Waals surface area contributed by atoms with Crippen molar-refractivity contribution in [3.63, 3.8) is 0 Å². The van der Waals surface area contributed by atoms with Gasteiger partial charge in [-0.2, -0.15) is 4.31 Å². The van der Waals surface area contributed by atoms with Crippen molar-refractivity contribution in [2.75, 3.05) is 13.1 Å². The number of thiophene rings is 1. The van der Waals surface area contributed by atoms with Crippen molar-refractivity contribution in [1.29, 1.82) is 0 Å². The SMILES string of the molecule is CCc1ccc(S(=O)(=O)N2CCC(C(=O)c3ccccc3)CC2)s1. The third kappa shape index (κ3) is 3.45. The third-order valence-corrected chi connectivity index (χ3v) is 8.06. The van der Waals surface area contributed by atoms with Crippen LogP contribution in [0.25, 0.3) is 0 Å². The van der Waals surface area contributed by atoms with E-state index in [1.165, 1.54) is 15.6 Å². The Morgan fingerprint density at radius 1 is 1.12 bits per heavy atom. The van der Waals surface area contributed by atoms with Gasteiger partial charge in [-0.15, -0.1) is 11.3 Å². The van der Waals surface area contributed by atoms with Gasteiger partial charge in [0.2, 0.25) is 0 Å². The molecule has 4 nitrogen and oxygen atoms in total. The number of benzene rings is 1. The Bertz CT molecular complexity index is 804. The number of sulfonamides is 1. The predicted molar refractivity (Wildman–Crippen MR) is 96.0 cm³/mol. The zero-order valence-corrected chi connectivity index (χ0v) is 15.3. The standard InChI is InChI=1S/C18H21NO3S2/c1-2-16-8-9-17(23-16)24(21,22)19-12-10-15(11-13-19)18(20)14-6-4-3-5-7-14/h3-9,15H,2,10-13H2,1H3. The second-order valence-electron chi connectivity index (χ2n) is 5.98. The van der Waals surface area contributed by atoms with Gasteiger partial charge in [0.05, 0.1) is 0 Å². The highest BCUT2D eigenvalue weighted by atomic mass is 32.2. The minimum atomic E-state index is -3.42. The summed E-state index contributed by atoms with van der Waals surface area (Å²) in [7, 11) is -3.42. The number of hydrogen-bond acceptors (Lipinski definition) is 4. The zero-order valence-electron chi connectivity index (χ0n) is 13.6. The van der Waals surface area contributed by atoms with Crippen LogP contribution >= 0.6 is 11.3 Å². The molecule has 1 fully saturated rings. The maximum Gasteiger partial charge on any atom is 0.252 e. The molecule has 0 saturated carbocycles. The molecule has 0 atom stereocenters. The van der Waals surface area contributed by atoms with Crippen molar-refractivity contribution < 1.29 is 13.2 Å². The maximum absolute atomic E-state index is 12.7. The molecular formula is C18H21NO3S2. The molecule has 2 aromatic rings. The molecule has 1 saturated heterocycles. The van der Waals surface area contributed by atoms with Crippen LogP contribution in [0.4, 0.5) is 0 Å². The smallest absolute Gasteiger partial charge is 0.252 e. The van der Waals surface area contributed by atoms with Gasteiger partial charge in [0.1, 0.15) is 4.21 Å². The molecular weight excluding hydrogens is 342 g/mol. The molecule has 1 aromatic carbocycles. The van der Waals surface area contributed by atoms with Crippen LogP contribution in [0.5, 0.6) is 0 Å². The van der Waals surface area contributed by atoms with E-state index in [0.29, 0.717) is 35.7 Å². The van der Waals surface area contributed by atoms with Crippen molar-refractivity contribution >= 4 is 27.1 Å². The van der Waals surface area contributed by atoms with Crippen LogP contribution in [0.1, 0.15) is 35.0 Å². The van der Waals surface area contributed by atoms with Crippen LogP contribution in [-0.2, 0) is 16.4 Å². The lowest BCUT2D eigenvalue weighted by Gasteiger charge is -2.30. The average Bonchev–Trinajstić information content (AvgIpc) is 3.12. The molecule has 0 bridgehead atoms. The van der Waals surface area contributed by atoms with Crippen LogP contribution in [0.15, 0.2) is 46.7 Å². The highest BCUT2D eigenvalue weighted by Crippen LogP contribution is 2.29. The first kappa shape index (κ1) is 17.3. The summed E-state index contributed by atoms with van der Waals surface area (Å²) < 4.78 is 27.4. The molecule has 0 N–H and O–H groups in total. The fraction of sp³-hybridized carbons (Fsp3) is 0.389. The van der Waals surface area contributed by atoms with E-state index in [1.807, 2.05) is 43.3 Å². The lowest BCUT2D eigenvalue weighted by molar-refractivity contribution is 0.0875. The zero-order chi connectivity index (χ0) is 17.2. The molecule has 1 aliphatic rings. The van der Waals surface area contributed by atoms with Crippen LogP contribution in [-0.4, -0.2) is 31.6 Å². The molecule has 0 amide bonds. The minimum absolute atomic E-state index is 0.0895. The number of carbonyl (C=O) groups excluding carboxylic acids is 1. The van der Waals surface area contributed by atoms with E-state index < -0.39 is 10.0 Å². The number of aryl methyl sites for hydroxylation is 1. The summed E-state index contributed by atoms with van der Waals surface area (Å²) in [6.45, 7) is 2.83. The van der Waals surface area contributed by atoms with E-state index in [-0.39, 0.29) is 11.7 Å². The molecule has 128 valence electrons. The molecule has 2 heterocycles. The number of carbonyl (C=O) groups is 1. The van der Waals surface area contributed by atoms with Crippen LogP contribution < -0.4 is 0 Å². The highest BCUT2D eigenvalue weighted by molar-refractivity contribution is 7.91. The summed E-state index contributed by atoms with van der Waals surface area (Å²) in [4.78, 5) is 13.6. The van der Waals surface area contributed by atoms with Crippen molar-refractivity contribution in [1.82, 2.24) is 4.31 Å². The summed E-state index contributed by atoms with van der Waals surface area (Å²) in [6, 6.07) is 12.8. The fourth-order valence-electron chi connectivity index (χ4n) is 3.01. The average molecular weight is 364 g/mol. The lowest BCUT2D eigenvalue weighted by atomic mass is 9.90. The Hall–Kier alpha value is -1.50. The van der Waals surface area contributed by atoms with Crippen molar-refractivity contribution in [3.05, 3.63) is 52.9 Å². The van der Waals surface area contributed by atoms with Gasteiger partial charge in [-0.05, 0) is 31.4 Å². The Morgan fingerprint density at radius 3 is 2.38 bits per heavy atom. The summed E-state index contributed by atoms with van der Waals surface area (Å²) in [5.41, 5.74) is 0.713. The second-order valence-corrected chi connectivity index (χ2v) is 9.32. The minimum Gasteiger partial charge on any atom is -0.294 e. The van der Waals surface area contributed by atoms with Gasteiger partial charge < -0.3 is 0 Å². The van der Waals surface area contributed by atoms with Crippen molar-refractivity contribution in [2.24, 2.45) is 5.92 Å². The van der Waals surface area contributed by atoms with Gasteiger partial charge in [0, 0.05) is 29.4 Å². The van der Waals surface area contributed by atoms with E-state index in [4.69, 9.17) is 0 Å². The fourth-order valence-corrected chi connectivity index (χ4v) is 5.93. The highest BCUT2D eigenvalue weighted by Gasteiger charge is 2.33. The molecule has 1 aromatic heterocycles. The Kier molecular flexibility index (Phi) is 5.18. The van der Waals surface area contributed by atoms with E-state index >= 15 is 0 Å². The molecule has 6 heteroatoms. The summed E-state index contributed by atoms with van der Waals surface area (Å²) in [5.74, 6) is 0.0328. The van der Waals surface area contributed by atoms with E-state index in [1.54, 1.807) is 6.07 Å². The number of nitrogens with zero attached hydrogens (tertiary/aromatic N) is 1. The topological polar surface area (TPSA) is 54.5 Å². The van der Waals surface area contributed by atoms with Gasteiger partial charge in [0.15, 0.2) is 5.78 Å². The Balaban J connectivity index is 1.67. The summed E-state index contributed by atoms with van der Waals surface area (Å²) in [5, 5.41) is 0. The van der Waals surface area contributed by atoms with E-state index in [9.17, 15) is 13.2 Å². The number of piperidine rings is 1. The van der Waals surface area contributed by atoms with Gasteiger partial charge in [-0.3, -0.25) is 4.79 Å². The number of Topliss-reactive ketones (excluding diaryl/α,β-unsaturated/α-hetero) is 1. The first-order chi connectivity index (χ1) is 11.5. The third-order valence-electron chi connectivity index (χ3n) is 4.46. The largest absolute Gasteiger partial charge is 0.294 e. The number of rotatable bonds is 5. The number of ketones is 1. The molecule has 0 spiro atoms. The molecule has 0 unspecified atom stereocenters. The summed E-state index contributed by atoms with van der Waals surface area (Å²) >= 11 is 1.34. The van der Waals surface area contributed by atoms with Gasteiger partial charge in [0.25, 0.3) is 10.0 Å². The monoisotopic (exact) mass is 363 g/mol. The number of hydrogen-bond donors (Lipinski definition) is 0. The van der Waals surface area contributed by atoms with Crippen molar-refractivity contribution in [3.8, 4) is 0 Å². The maximum atomic E-state index is 12.7. The molecule has 0 radical (unpaired) electrons. The second kappa shape index (κ2) is 7.17. The molecule has 3 rings (SSSR count). The van der Waals surface area contributed by atoms with E-state index in [2.05, 4.69) is 0 Å². The van der Waals surface area contributed by atoms with Crippen molar-refractivity contribution in [2.45, 2.75) is 30.4 Å². The summed E-state index contributed by atoms with van der Waals surface area (Å²) in [6.07, 6.45) is 2.01. The predicted octanol–water partition coefficient (Wildman–Crippen LogP) is 3.59. The van der Waals surface area contributed by atoms with Gasteiger partial charge in [-0.1, -0.05) is 37.3 Å². The molecule has 1 aliphatic heterocycles.